The number of rotatable bonds is 4. The Morgan fingerprint density at radius 3 is 2.50 bits per heavy atom. The summed E-state index contributed by atoms with van der Waals surface area (Å²) in [4.78, 5) is 15.5. The number of amides is 1. The minimum atomic E-state index is -4.51. The van der Waals surface area contributed by atoms with Gasteiger partial charge in [-0.15, -0.1) is 24.8 Å². The van der Waals surface area contributed by atoms with E-state index in [1.54, 1.807) is 0 Å². The molecule has 5 nitrogen and oxygen atoms in total. The molecule has 0 saturated carbocycles. The van der Waals surface area contributed by atoms with Gasteiger partial charge in [0.2, 0.25) is 11.8 Å². The number of hydrogen-bond donors (Lipinski definition) is 2. The summed E-state index contributed by atoms with van der Waals surface area (Å²) in [6.07, 6.45) is -3.18. The first-order chi connectivity index (χ1) is 12.3. The highest BCUT2D eigenvalue weighted by atomic mass is 35.5. The molecule has 1 amide bonds. The number of alkyl halides is 3. The van der Waals surface area contributed by atoms with Crippen molar-refractivity contribution in [2.24, 2.45) is 5.92 Å². The van der Waals surface area contributed by atoms with Crippen molar-refractivity contribution in [2.45, 2.75) is 12.6 Å². The second-order valence-corrected chi connectivity index (χ2v) is 5.81. The van der Waals surface area contributed by atoms with Crippen molar-refractivity contribution in [3.8, 4) is 11.6 Å². The van der Waals surface area contributed by atoms with E-state index in [0.29, 0.717) is 12.7 Å². The zero-order valence-corrected chi connectivity index (χ0v) is 15.9. The van der Waals surface area contributed by atoms with Gasteiger partial charge in [-0.1, -0.05) is 0 Å². The minimum Gasteiger partial charge on any atom is -0.436 e. The Morgan fingerprint density at radius 2 is 1.96 bits per heavy atom. The first-order valence-electron chi connectivity index (χ1n) is 7.85. The van der Waals surface area contributed by atoms with Gasteiger partial charge in [-0.3, -0.25) is 4.79 Å². The van der Waals surface area contributed by atoms with E-state index < -0.39 is 17.6 Å². The van der Waals surface area contributed by atoms with E-state index in [2.05, 4.69) is 15.6 Å². The highest BCUT2D eigenvalue weighted by molar-refractivity contribution is 5.93. The number of nitrogens with one attached hydrogen (secondary N) is 2. The average Bonchev–Trinajstić information content (AvgIpc) is 3.12. The topological polar surface area (TPSA) is 63.2 Å². The zero-order valence-electron chi connectivity index (χ0n) is 14.3. The molecule has 2 heterocycles. The summed E-state index contributed by atoms with van der Waals surface area (Å²) in [6.45, 7) is 1.34. The summed E-state index contributed by atoms with van der Waals surface area (Å²) < 4.78 is 56.8. The lowest BCUT2D eigenvalue weighted by Crippen LogP contribution is -2.24. The maximum atomic E-state index is 14.1. The summed E-state index contributed by atoms with van der Waals surface area (Å²) in [7, 11) is 0. The number of halogens is 6. The van der Waals surface area contributed by atoms with Crippen molar-refractivity contribution in [1.82, 2.24) is 10.3 Å². The minimum absolute atomic E-state index is 0. The second kappa shape index (κ2) is 9.90. The Balaban J connectivity index is 0.00000196. The maximum absolute atomic E-state index is 14.1. The molecule has 2 N–H and O–H groups in total. The summed E-state index contributed by atoms with van der Waals surface area (Å²) in [5.41, 5.74) is -0.656. The molecule has 1 aliphatic heterocycles. The van der Waals surface area contributed by atoms with E-state index in [1.165, 1.54) is 12.1 Å². The maximum Gasteiger partial charge on any atom is 0.417 e. The standard InChI is InChI=1S/C17H15F4N3O2.2ClH/c18-13-7-12(24-16(25)10-5-6-22-8-10)2-3-14(13)26-15-4-1-11(9-23-15)17(19,20)21;;/h1-4,7,9-10,22H,5-6,8H2,(H,24,25);2*1H. The van der Waals surface area contributed by atoms with Crippen molar-refractivity contribution in [1.29, 1.82) is 0 Å². The predicted molar refractivity (Wildman–Crippen MR) is 99.8 cm³/mol. The fraction of sp³-hybridized carbons (Fsp3) is 0.294. The molecule has 1 atom stereocenters. The second-order valence-electron chi connectivity index (χ2n) is 5.81. The lowest BCUT2D eigenvalue weighted by atomic mass is 10.1. The molecule has 0 aliphatic carbocycles. The summed E-state index contributed by atoms with van der Waals surface area (Å²) in [6, 6.07) is 5.61. The normalized spacial score (nSPS) is 15.9. The number of carbonyl (C=O) groups is 1. The van der Waals surface area contributed by atoms with Gasteiger partial charge in [0.05, 0.1) is 11.5 Å². The highest BCUT2D eigenvalue weighted by Crippen LogP contribution is 2.31. The largest absolute Gasteiger partial charge is 0.436 e. The molecule has 1 aliphatic rings. The molecule has 1 aromatic heterocycles. The third-order valence-corrected chi connectivity index (χ3v) is 3.91. The first-order valence-corrected chi connectivity index (χ1v) is 7.85. The van der Waals surface area contributed by atoms with Crippen LogP contribution in [0.25, 0.3) is 0 Å². The van der Waals surface area contributed by atoms with Gasteiger partial charge in [0, 0.05) is 30.6 Å². The summed E-state index contributed by atoms with van der Waals surface area (Å²) >= 11 is 0. The number of nitrogens with zero attached hydrogens (tertiary/aromatic N) is 1. The SMILES string of the molecule is Cl.Cl.O=C(Nc1ccc(Oc2ccc(C(F)(F)F)cn2)c(F)c1)C1CCNC1. The van der Waals surface area contributed by atoms with Gasteiger partial charge < -0.3 is 15.4 Å². The lowest BCUT2D eigenvalue weighted by Gasteiger charge is -2.12. The molecular formula is C17H17Cl2F4N3O2. The third kappa shape index (κ3) is 5.95. The van der Waals surface area contributed by atoms with Crippen LogP contribution in [0.2, 0.25) is 0 Å². The molecule has 1 aromatic carbocycles. The van der Waals surface area contributed by atoms with Gasteiger partial charge in [0.15, 0.2) is 11.6 Å². The van der Waals surface area contributed by atoms with Crippen LogP contribution in [0.4, 0.5) is 23.2 Å². The Bertz CT molecular complexity index is 798. The van der Waals surface area contributed by atoms with E-state index >= 15 is 0 Å². The molecule has 0 bridgehead atoms. The van der Waals surface area contributed by atoms with E-state index in [1.807, 2.05) is 0 Å². The summed E-state index contributed by atoms with van der Waals surface area (Å²) in [5.74, 6) is -1.52. The smallest absolute Gasteiger partial charge is 0.417 e. The Labute approximate surface area is 170 Å². The Morgan fingerprint density at radius 1 is 1.21 bits per heavy atom. The number of aromatic nitrogens is 1. The van der Waals surface area contributed by atoms with Crippen LogP contribution < -0.4 is 15.4 Å². The Hall–Kier alpha value is -2.10. The van der Waals surface area contributed by atoms with Crippen molar-refractivity contribution in [3.05, 3.63) is 47.9 Å². The number of ether oxygens (including phenoxy) is 1. The fourth-order valence-electron chi connectivity index (χ4n) is 2.51. The van der Waals surface area contributed by atoms with E-state index in [4.69, 9.17) is 4.74 Å². The molecule has 0 spiro atoms. The van der Waals surface area contributed by atoms with Crippen molar-refractivity contribution in [2.75, 3.05) is 18.4 Å². The van der Waals surface area contributed by atoms with Gasteiger partial charge >= 0.3 is 6.18 Å². The number of pyridine rings is 1. The van der Waals surface area contributed by atoms with E-state index in [-0.39, 0.29) is 54.0 Å². The van der Waals surface area contributed by atoms with Crippen molar-refractivity contribution < 1.29 is 27.1 Å². The average molecular weight is 442 g/mol. The first kappa shape index (κ1) is 23.9. The van der Waals surface area contributed by atoms with Gasteiger partial charge in [0.25, 0.3) is 0 Å². The molecule has 0 radical (unpaired) electrons. The van der Waals surface area contributed by atoms with Crippen LogP contribution >= 0.6 is 24.8 Å². The molecule has 11 heteroatoms. The molecule has 1 unspecified atom stereocenters. The van der Waals surface area contributed by atoms with Crippen LogP contribution in [0.15, 0.2) is 36.5 Å². The highest BCUT2D eigenvalue weighted by Gasteiger charge is 2.30. The van der Waals surface area contributed by atoms with Gasteiger partial charge in [0.1, 0.15) is 0 Å². The molecule has 3 rings (SSSR count). The van der Waals surface area contributed by atoms with Crippen LogP contribution in [0, 0.1) is 11.7 Å². The van der Waals surface area contributed by atoms with Crippen LogP contribution in [0.3, 0.4) is 0 Å². The lowest BCUT2D eigenvalue weighted by molar-refractivity contribution is -0.137. The van der Waals surface area contributed by atoms with E-state index in [9.17, 15) is 22.4 Å². The van der Waals surface area contributed by atoms with Crippen LogP contribution in [-0.4, -0.2) is 24.0 Å². The fourth-order valence-corrected chi connectivity index (χ4v) is 2.51. The number of hydrogen-bond acceptors (Lipinski definition) is 4. The van der Waals surface area contributed by atoms with Crippen LogP contribution in [0.1, 0.15) is 12.0 Å². The number of carbonyl (C=O) groups excluding carboxylic acids is 1. The quantitative estimate of drug-likeness (QED) is 0.689. The van der Waals surface area contributed by atoms with Crippen molar-refractivity contribution in [3.63, 3.8) is 0 Å². The molecule has 154 valence electrons. The summed E-state index contributed by atoms with van der Waals surface area (Å²) in [5, 5.41) is 5.69. The monoisotopic (exact) mass is 441 g/mol. The molecular weight excluding hydrogens is 425 g/mol. The van der Waals surface area contributed by atoms with Gasteiger partial charge in [-0.2, -0.15) is 13.2 Å². The molecule has 1 fully saturated rings. The van der Waals surface area contributed by atoms with Crippen molar-refractivity contribution >= 4 is 36.4 Å². The zero-order chi connectivity index (χ0) is 18.7. The molecule has 28 heavy (non-hydrogen) atoms. The number of benzene rings is 1. The van der Waals surface area contributed by atoms with Crippen LogP contribution in [0.5, 0.6) is 11.6 Å². The Kier molecular flexibility index (Phi) is 8.47. The third-order valence-electron chi connectivity index (χ3n) is 3.91. The molecule has 1 saturated heterocycles. The van der Waals surface area contributed by atoms with Gasteiger partial charge in [-0.05, 0) is 31.2 Å². The van der Waals surface area contributed by atoms with E-state index in [0.717, 1.165) is 31.2 Å². The number of anilines is 1. The van der Waals surface area contributed by atoms with Gasteiger partial charge in [-0.25, -0.2) is 9.37 Å². The molecule has 2 aromatic rings. The predicted octanol–water partition coefficient (Wildman–Crippen LogP) is 4.42. The van der Waals surface area contributed by atoms with Crippen LogP contribution in [-0.2, 0) is 11.0 Å².